The van der Waals surface area contributed by atoms with Crippen LogP contribution in [0.3, 0.4) is 0 Å². The molecule has 0 amide bonds. The molecule has 1 unspecified atom stereocenters. The van der Waals surface area contributed by atoms with Gasteiger partial charge in [0.25, 0.3) is 0 Å². The van der Waals surface area contributed by atoms with E-state index in [0.717, 1.165) is 12.0 Å². The SMILES string of the molecule is C=C(C(=O)O)C(CO)COc1cccc(CC)c1. The predicted octanol–water partition coefficient (Wildman–Crippen LogP) is 1.88. The number of carbonyl (C=O) groups is 1. The van der Waals surface area contributed by atoms with Crippen LogP contribution in [-0.2, 0) is 11.2 Å². The number of carboxylic acid groups (broad SMARTS) is 1. The Morgan fingerprint density at radius 2 is 2.22 bits per heavy atom. The van der Waals surface area contributed by atoms with E-state index in [1.807, 2.05) is 25.1 Å². The molecule has 1 aromatic carbocycles. The highest BCUT2D eigenvalue weighted by Gasteiger charge is 2.18. The molecular weight excluding hydrogens is 232 g/mol. The molecule has 0 aliphatic heterocycles. The number of ether oxygens (including phenoxy) is 1. The fourth-order valence-corrected chi connectivity index (χ4v) is 1.49. The zero-order valence-electron chi connectivity index (χ0n) is 10.4. The molecule has 0 bridgehead atoms. The lowest BCUT2D eigenvalue weighted by molar-refractivity contribution is -0.133. The molecule has 18 heavy (non-hydrogen) atoms. The van der Waals surface area contributed by atoms with E-state index in [9.17, 15) is 4.79 Å². The Morgan fingerprint density at radius 1 is 1.50 bits per heavy atom. The molecule has 0 saturated carbocycles. The first kappa shape index (κ1) is 14.3. The number of aliphatic carboxylic acids is 1. The smallest absolute Gasteiger partial charge is 0.331 e. The van der Waals surface area contributed by atoms with Crippen molar-refractivity contribution in [2.45, 2.75) is 13.3 Å². The minimum absolute atomic E-state index is 0.0378. The Balaban J connectivity index is 2.62. The van der Waals surface area contributed by atoms with Gasteiger partial charge in [0.2, 0.25) is 0 Å². The molecule has 0 aliphatic rings. The van der Waals surface area contributed by atoms with Crippen LogP contribution in [0.25, 0.3) is 0 Å². The van der Waals surface area contributed by atoms with Crippen LogP contribution < -0.4 is 4.74 Å². The second-order valence-corrected chi connectivity index (χ2v) is 4.02. The molecule has 4 heteroatoms. The van der Waals surface area contributed by atoms with Crippen molar-refractivity contribution in [2.24, 2.45) is 5.92 Å². The second kappa shape index (κ2) is 6.81. The highest BCUT2D eigenvalue weighted by molar-refractivity contribution is 5.86. The number of hydrogen-bond donors (Lipinski definition) is 2. The summed E-state index contributed by atoms with van der Waals surface area (Å²) in [7, 11) is 0. The van der Waals surface area contributed by atoms with Gasteiger partial charge in [0.15, 0.2) is 0 Å². The summed E-state index contributed by atoms with van der Waals surface area (Å²) < 4.78 is 5.49. The Kier molecular flexibility index (Phi) is 5.39. The van der Waals surface area contributed by atoms with Crippen molar-refractivity contribution >= 4 is 5.97 Å². The molecule has 2 N–H and O–H groups in total. The minimum atomic E-state index is -1.11. The van der Waals surface area contributed by atoms with Crippen LogP contribution in [0, 0.1) is 5.92 Å². The number of rotatable bonds is 7. The van der Waals surface area contributed by atoms with E-state index in [1.165, 1.54) is 0 Å². The summed E-state index contributed by atoms with van der Waals surface area (Å²) in [5.74, 6) is -1.03. The topological polar surface area (TPSA) is 66.8 Å². The van der Waals surface area contributed by atoms with E-state index >= 15 is 0 Å². The van der Waals surface area contributed by atoms with Crippen molar-refractivity contribution in [1.29, 1.82) is 0 Å². The van der Waals surface area contributed by atoms with Gasteiger partial charge in [0.1, 0.15) is 5.75 Å². The summed E-state index contributed by atoms with van der Waals surface area (Å²) in [6.07, 6.45) is 0.905. The third-order valence-corrected chi connectivity index (χ3v) is 2.75. The molecule has 98 valence electrons. The molecule has 0 heterocycles. The van der Waals surface area contributed by atoms with Crippen LogP contribution in [0.4, 0.5) is 0 Å². The summed E-state index contributed by atoms with van der Waals surface area (Å²) >= 11 is 0. The molecule has 0 spiro atoms. The number of aliphatic hydroxyl groups excluding tert-OH is 1. The van der Waals surface area contributed by atoms with Gasteiger partial charge in [-0.2, -0.15) is 0 Å². The van der Waals surface area contributed by atoms with Gasteiger partial charge in [-0.3, -0.25) is 0 Å². The standard InChI is InChI=1S/C14H18O4/c1-3-11-5-4-6-13(7-11)18-9-12(8-15)10(2)14(16)17/h4-7,12,15H,2-3,8-9H2,1H3,(H,16,17). The Bertz CT molecular complexity index is 426. The van der Waals surface area contributed by atoms with Crippen molar-refractivity contribution in [1.82, 2.24) is 0 Å². The molecule has 0 aliphatic carbocycles. The van der Waals surface area contributed by atoms with Crippen molar-refractivity contribution in [2.75, 3.05) is 13.2 Å². The van der Waals surface area contributed by atoms with Gasteiger partial charge in [-0.15, -0.1) is 0 Å². The number of carboxylic acids is 1. The Labute approximate surface area is 107 Å². The van der Waals surface area contributed by atoms with E-state index in [0.29, 0.717) is 5.75 Å². The van der Waals surface area contributed by atoms with Gasteiger partial charge < -0.3 is 14.9 Å². The van der Waals surface area contributed by atoms with E-state index in [4.69, 9.17) is 14.9 Å². The van der Waals surface area contributed by atoms with Gasteiger partial charge in [0, 0.05) is 11.5 Å². The fourth-order valence-electron chi connectivity index (χ4n) is 1.49. The monoisotopic (exact) mass is 250 g/mol. The van der Waals surface area contributed by atoms with Crippen LogP contribution in [-0.4, -0.2) is 29.4 Å². The van der Waals surface area contributed by atoms with Gasteiger partial charge in [-0.25, -0.2) is 4.79 Å². The normalized spacial score (nSPS) is 11.9. The molecule has 4 nitrogen and oxygen atoms in total. The number of aryl methyl sites for hydroxylation is 1. The van der Waals surface area contributed by atoms with Crippen LogP contribution in [0.15, 0.2) is 36.4 Å². The lowest BCUT2D eigenvalue weighted by atomic mass is 10.0. The summed E-state index contributed by atoms with van der Waals surface area (Å²) in [5.41, 5.74) is 1.11. The van der Waals surface area contributed by atoms with E-state index in [1.54, 1.807) is 6.07 Å². The average Bonchev–Trinajstić information content (AvgIpc) is 2.39. The third kappa shape index (κ3) is 3.89. The van der Waals surface area contributed by atoms with Gasteiger partial charge in [-0.05, 0) is 24.1 Å². The highest BCUT2D eigenvalue weighted by atomic mass is 16.5. The maximum absolute atomic E-state index is 10.7. The van der Waals surface area contributed by atoms with Crippen LogP contribution in [0.2, 0.25) is 0 Å². The second-order valence-electron chi connectivity index (χ2n) is 4.02. The maximum Gasteiger partial charge on any atom is 0.331 e. The summed E-state index contributed by atoms with van der Waals surface area (Å²) in [4.78, 5) is 10.7. The lowest BCUT2D eigenvalue weighted by Crippen LogP contribution is -2.22. The Hall–Kier alpha value is -1.81. The predicted molar refractivity (Wildman–Crippen MR) is 68.7 cm³/mol. The fraction of sp³-hybridized carbons (Fsp3) is 0.357. The third-order valence-electron chi connectivity index (χ3n) is 2.75. The summed E-state index contributed by atoms with van der Waals surface area (Å²) in [6, 6.07) is 7.58. The van der Waals surface area contributed by atoms with E-state index in [2.05, 4.69) is 6.58 Å². The number of benzene rings is 1. The average molecular weight is 250 g/mol. The van der Waals surface area contributed by atoms with Crippen molar-refractivity contribution < 1.29 is 19.7 Å². The highest BCUT2D eigenvalue weighted by Crippen LogP contribution is 2.16. The molecule has 1 aromatic rings. The van der Waals surface area contributed by atoms with Crippen LogP contribution in [0.1, 0.15) is 12.5 Å². The zero-order valence-corrected chi connectivity index (χ0v) is 10.4. The first-order valence-corrected chi connectivity index (χ1v) is 5.83. The molecule has 0 saturated heterocycles. The van der Waals surface area contributed by atoms with Crippen LogP contribution >= 0.6 is 0 Å². The first-order valence-electron chi connectivity index (χ1n) is 5.83. The van der Waals surface area contributed by atoms with Crippen molar-refractivity contribution in [3.8, 4) is 5.75 Å². The Morgan fingerprint density at radius 3 is 2.78 bits per heavy atom. The maximum atomic E-state index is 10.7. The number of hydrogen-bond acceptors (Lipinski definition) is 3. The molecule has 0 radical (unpaired) electrons. The first-order chi connectivity index (χ1) is 8.58. The molecule has 1 atom stereocenters. The zero-order chi connectivity index (χ0) is 13.5. The largest absolute Gasteiger partial charge is 0.493 e. The molecule has 0 fully saturated rings. The molecular formula is C14H18O4. The van der Waals surface area contributed by atoms with Gasteiger partial charge in [-0.1, -0.05) is 25.6 Å². The van der Waals surface area contributed by atoms with E-state index in [-0.39, 0.29) is 18.8 Å². The summed E-state index contributed by atoms with van der Waals surface area (Å²) in [6.45, 7) is 5.29. The van der Waals surface area contributed by atoms with E-state index < -0.39 is 11.9 Å². The van der Waals surface area contributed by atoms with Crippen molar-refractivity contribution in [3.05, 3.63) is 42.0 Å². The lowest BCUT2D eigenvalue weighted by Gasteiger charge is -2.15. The van der Waals surface area contributed by atoms with Crippen LogP contribution in [0.5, 0.6) is 5.75 Å². The summed E-state index contributed by atoms with van der Waals surface area (Å²) in [5, 5.41) is 17.9. The van der Waals surface area contributed by atoms with Gasteiger partial charge >= 0.3 is 5.97 Å². The molecule has 1 rings (SSSR count). The quantitative estimate of drug-likeness (QED) is 0.725. The molecule has 0 aromatic heterocycles. The number of aliphatic hydroxyl groups is 1. The minimum Gasteiger partial charge on any atom is -0.493 e. The van der Waals surface area contributed by atoms with Crippen molar-refractivity contribution in [3.63, 3.8) is 0 Å². The van der Waals surface area contributed by atoms with Gasteiger partial charge in [0.05, 0.1) is 13.2 Å².